The molecule has 0 aromatic heterocycles. The van der Waals surface area contributed by atoms with Gasteiger partial charge in [0.2, 0.25) is 5.96 Å². The first-order chi connectivity index (χ1) is 13.0. The van der Waals surface area contributed by atoms with Crippen LogP contribution in [0.15, 0.2) is 40.0 Å². The van der Waals surface area contributed by atoms with Crippen LogP contribution in [0.1, 0.15) is 19.4 Å². The van der Waals surface area contributed by atoms with Crippen LogP contribution < -0.4 is 10.6 Å². The second-order valence-electron chi connectivity index (χ2n) is 6.80. The fourth-order valence-corrected chi connectivity index (χ4v) is 3.74. The Morgan fingerprint density at radius 3 is 2.44 bits per heavy atom. The van der Waals surface area contributed by atoms with Gasteiger partial charge in [-0.15, -0.1) is 0 Å². The van der Waals surface area contributed by atoms with Crippen LogP contribution in [0.5, 0.6) is 0 Å². The van der Waals surface area contributed by atoms with Crippen molar-refractivity contribution >= 4 is 40.3 Å². The molecule has 2 aliphatic heterocycles. The number of nitrogens with zero attached hydrogens (tertiary/aromatic N) is 3. The van der Waals surface area contributed by atoms with Crippen molar-refractivity contribution in [3.8, 4) is 0 Å². The molecule has 0 radical (unpaired) electrons. The van der Waals surface area contributed by atoms with Crippen LogP contribution in [0.2, 0.25) is 0 Å². The number of guanidine groups is 1. The zero-order chi connectivity index (χ0) is 19.1. The molecular formula is C21H22N4O2. The number of aliphatic hydroxyl groups excluding tert-OH is 1. The molecule has 2 aromatic rings. The quantitative estimate of drug-likeness (QED) is 0.636. The van der Waals surface area contributed by atoms with Crippen LogP contribution in [0.4, 0.5) is 5.69 Å². The average Bonchev–Trinajstić information content (AvgIpc) is 3.10. The number of nitrogens with one attached hydrogen (secondary N) is 1. The summed E-state index contributed by atoms with van der Waals surface area (Å²) in [6, 6.07) is 7.94. The van der Waals surface area contributed by atoms with Gasteiger partial charge in [0.15, 0.2) is 0 Å². The van der Waals surface area contributed by atoms with Gasteiger partial charge in [-0.25, -0.2) is 9.98 Å². The van der Waals surface area contributed by atoms with Gasteiger partial charge < -0.3 is 20.2 Å². The Kier molecular flexibility index (Phi) is 4.28. The molecule has 6 nitrogen and oxygen atoms in total. The van der Waals surface area contributed by atoms with E-state index in [-0.39, 0.29) is 11.5 Å². The molecule has 0 unspecified atom stereocenters. The molecular weight excluding hydrogens is 340 g/mol. The molecule has 2 aliphatic rings. The highest BCUT2D eigenvalue weighted by Gasteiger charge is 2.25. The van der Waals surface area contributed by atoms with Crippen LogP contribution in [-0.4, -0.2) is 48.0 Å². The molecule has 0 amide bonds. The standard InChI is InChI=1S/C21H22N4O2/c1-12-15-6-4-5-7-16(15)19-20(17(12)18(13(2)22)14(3)26)24-21(23-19)25-8-10-27-11-9-25/h4-7,22,26H,1,8-11H2,2-3H3/b18-14+,22-13?. The molecule has 2 heterocycles. The van der Waals surface area contributed by atoms with Crippen LogP contribution in [-0.2, 0) is 4.74 Å². The molecule has 2 N–H and O–H groups in total. The Morgan fingerprint density at radius 1 is 1.15 bits per heavy atom. The molecule has 138 valence electrons. The summed E-state index contributed by atoms with van der Waals surface area (Å²) >= 11 is 0. The molecule has 2 aromatic carbocycles. The second-order valence-corrected chi connectivity index (χ2v) is 6.80. The number of aliphatic hydroxyl groups is 1. The lowest BCUT2D eigenvalue weighted by atomic mass is 9.93. The average molecular weight is 362 g/mol. The van der Waals surface area contributed by atoms with Gasteiger partial charge in [-0.1, -0.05) is 30.8 Å². The fraction of sp³-hybridized carbons (Fsp3) is 0.286. The zero-order valence-corrected chi connectivity index (χ0v) is 15.5. The Balaban J connectivity index is 2.05. The summed E-state index contributed by atoms with van der Waals surface area (Å²) in [7, 11) is 0. The number of morpholine rings is 1. The van der Waals surface area contributed by atoms with E-state index in [2.05, 4.69) is 11.5 Å². The summed E-state index contributed by atoms with van der Waals surface area (Å²) in [5, 5.41) is 21.9. The largest absolute Gasteiger partial charge is 0.512 e. The van der Waals surface area contributed by atoms with E-state index in [4.69, 9.17) is 20.1 Å². The highest BCUT2D eigenvalue weighted by molar-refractivity contribution is 6.24. The molecule has 0 spiro atoms. The summed E-state index contributed by atoms with van der Waals surface area (Å²) in [4.78, 5) is 11.7. The summed E-state index contributed by atoms with van der Waals surface area (Å²) in [5.41, 5.74) is 2.09. The molecule has 0 bridgehead atoms. The minimum Gasteiger partial charge on any atom is -0.512 e. The van der Waals surface area contributed by atoms with E-state index in [9.17, 15) is 5.11 Å². The highest BCUT2D eigenvalue weighted by Crippen LogP contribution is 2.29. The van der Waals surface area contributed by atoms with Crippen LogP contribution in [0.25, 0.3) is 22.9 Å². The Labute approximate surface area is 157 Å². The maximum atomic E-state index is 10.3. The number of rotatable bonds is 2. The lowest BCUT2D eigenvalue weighted by molar-refractivity contribution is 0.0676. The van der Waals surface area contributed by atoms with Gasteiger partial charge >= 0.3 is 0 Å². The van der Waals surface area contributed by atoms with Crippen molar-refractivity contribution in [3.63, 3.8) is 0 Å². The first-order valence-electron chi connectivity index (χ1n) is 8.98. The van der Waals surface area contributed by atoms with E-state index in [1.807, 2.05) is 24.3 Å². The second kappa shape index (κ2) is 6.63. The molecule has 6 heteroatoms. The van der Waals surface area contributed by atoms with Crippen molar-refractivity contribution in [3.05, 3.63) is 46.2 Å². The van der Waals surface area contributed by atoms with Crippen LogP contribution >= 0.6 is 0 Å². The molecule has 27 heavy (non-hydrogen) atoms. The van der Waals surface area contributed by atoms with Crippen molar-refractivity contribution in [2.45, 2.75) is 13.8 Å². The van der Waals surface area contributed by atoms with Crippen molar-refractivity contribution in [1.82, 2.24) is 4.90 Å². The summed E-state index contributed by atoms with van der Waals surface area (Å²) in [6.45, 7) is 10.3. The number of benzene rings is 2. The van der Waals surface area contributed by atoms with Gasteiger partial charge in [0.05, 0.1) is 19.0 Å². The Hall–Kier alpha value is -2.99. The summed E-state index contributed by atoms with van der Waals surface area (Å²) in [6.07, 6.45) is 0. The first kappa shape index (κ1) is 17.4. The molecule has 4 rings (SSSR count). The molecule has 0 aliphatic carbocycles. The number of ether oxygens (including phenoxy) is 1. The number of fused-ring (bicyclic) bond motifs is 3. The SMILES string of the molecule is C=c1c(/C(C(C)=N)=C(\C)O)c2c(c3ccccc13)=NC(N1CCOCC1)=N2. The lowest BCUT2D eigenvalue weighted by Gasteiger charge is -2.26. The predicted octanol–water partition coefficient (Wildman–Crippen LogP) is 2.53. The van der Waals surface area contributed by atoms with E-state index >= 15 is 0 Å². The van der Waals surface area contributed by atoms with E-state index < -0.39 is 0 Å². The van der Waals surface area contributed by atoms with E-state index in [1.165, 1.54) is 0 Å². The maximum absolute atomic E-state index is 10.3. The van der Waals surface area contributed by atoms with Gasteiger partial charge in [0.25, 0.3) is 0 Å². The summed E-state index contributed by atoms with van der Waals surface area (Å²) < 4.78 is 5.43. The first-order valence-corrected chi connectivity index (χ1v) is 8.98. The number of hydrogen-bond acceptors (Lipinski definition) is 6. The van der Waals surface area contributed by atoms with Crippen molar-refractivity contribution < 1.29 is 9.84 Å². The Bertz CT molecular complexity index is 1120. The normalized spacial score (nSPS) is 17.3. The third kappa shape index (κ3) is 2.82. The van der Waals surface area contributed by atoms with Crippen LogP contribution in [0.3, 0.4) is 0 Å². The lowest BCUT2D eigenvalue weighted by Crippen LogP contribution is -2.39. The highest BCUT2D eigenvalue weighted by atomic mass is 16.5. The van der Waals surface area contributed by atoms with Crippen molar-refractivity contribution in [1.29, 1.82) is 5.41 Å². The topological polar surface area (TPSA) is 81.3 Å². The number of allylic oxidation sites excluding steroid dienone is 2. The van der Waals surface area contributed by atoms with Gasteiger partial charge in [0.1, 0.15) is 11.0 Å². The predicted molar refractivity (Wildman–Crippen MR) is 108 cm³/mol. The van der Waals surface area contributed by atoms with E-state index in [0.29, 0.717) is 36.0 Å². The van der Waals surface area contributed by atoms with Gasteiger partial charge in [0, 0.05) is 35.3 Å². The summed E-state index contributed by atoms with van der Waals surface area (Å²) in [5.74, 6) is 0.739. The van der Waals surface area contributed by atoms with Gasteiger partial charge in [-0.05, 0) is 24.5 Å². The molecule has 0 saturated carbocycles. The zero-order valence-electron chi connectivity index (χ0n) is 15.5. The third-order valence-corrected chi connectivity index (χ3v) is 4.97. The Morgan fingerprint density at radius 2 is 1.81 bits per heavy atom. The van der Waals surface area contributed by atoms with Crippen molar-refractivity contribution in [2.75, 3.05) is 26.3 Å². The van der Waals surface area contributed by atoms with Crippen LogP contribution in [0, 0.1) is 5.41 Å². The number of hydrogen-bond donors (Lipinski definition) is 2. The maximum Gasteiger partial charge on any atom is 0.226 e. The third-order valence-electron chi connectivity index (χ3n) is 4.97. The monoisotopic (exact) mass is 362 g/mol. The van der Waals surface area contributed by atoms with E-state index in [0.717, 1.165) is 34.4 Å². The molecule has 0 atom stereocenters. The van der Waals surface area contributed by atoms with E-state index in [1.54, 1.807) is 13.8 Å². The van der Waals surface area contributed by atoms with Gasteiger partial charge in [-0.2, -0.15) is 0 Å². The smallest absolute Gasteiger partial charge is 0.226 e. The van der Waals surface area contributed by atoms with Gasteiger partial charge in [-0.3, -0.25) is 0 Å². The molecule has 1 fully saturated rings. The van der Waals surface area contributed by atoms with Crippen molar-refractivity contribution in [2.24, 2.45) is 9.98 Å². The molecule has 1 saturated heterocycles. The minimum absolute atomic E-state index is 0.0832. The fourth-order valence-electron chi connectivity index (χ4n) is 3.74. The minimum atomic E-state index is 0.0832. The number of aliphatic imine (C=N–C) groups is 1.